The highest BCUT2D eigenvalue weighted by Crippen LogP contribution is 2.37. The zero-order valence-corrected chi connectivity index (χ0v) is 14.9. The van der Waals surface area contributed by atoms with Crippen LogP contribution in [0.2, 0.25) is 5.02 Å². The molecule has 0 amide bonds. The summed E-state index contributed by atoms with van der Waals surface area (Å²) >= 11 is 5.90. The van der Waals surface area contributed by atoms with Crippen LogP contribution in [0.15, 0.2) is 42.5 Å². The minimum atomic E-state index is -0.576. The Morgan fingerprint density at radius 3 is 2.54 bits per heavy atom. The molecule has 5 N–H and O–H groups in total. The van der Waals surface area contributed by atoms with E-state index in [1.807, 2.05) is 32.0 Å². The van der Waals surface area contributed by atoms with Gasteiger partial charge < -0.3 is 21.3 Å². The predicted octanol–water partition coefficient (Wildman–Crippen LogP) is 3.18. The van der Waals surface area contributed by atoms with Crippen LogP contribution in [0.4, 0.5) is 5.69 Å². The van der Waals surface area contributed by atoms with E-state index in [1.165, 1.54) is 5.56 Å². The fraction of sp³-hybridized carbons (Fsp3) is 0.368. The van der Waals surface area contributed by atoms with Crippen molar-refractivity contribution >= 4 is 17.3 Å². The molecular weight excluding hydrogens is 324 g/mol. The lowest BCUT2D eigenvalue weighted by molar-refractivity contribution is -0.0410. The number of anilines is 1. The van der Waals surface area contributed by atoms with Crippen molar-refractivity contribution in [2.24, 2.45) is 5.73 Å². The minimum absolute atomic E-state index is 0.502. The first-order valence-electron chi connectivity index (χ1n) is 8.02. The number of hydrogen-bond donors (Lipinski definition) is 3. The number of aliphatic hydroxyl groups excluding tert-OH is 1. The first-order chi connectivity index (χ1) is 11.3. The third kappa shape index (κ3) is 4.63. The third-order valence-corrected chi connectivity index (χ3v) is 4.37. The molecule has 2 aromatic carbocycles. The Bertz CT molecular complexity index is 675. The Balaban J connectivity index is 0.000000198. The summed E-state index contributed by atoms with van der Waals surface area (Å²) < 4.78 is 5.68. The lowest BCUT2D eigenvalue weighted by Crippen LogP contribution is -2.46. The van der Waals surface area contributed by atoms with Gasteiger partial charge in [0.15, 0.2) is 0 Å². The van der Waals surface area contributed by atoms with Gasteiger partial charge in [-0.15, -0.1) is 0 Å². The van der Waals surface area contributed by atoms with Gasteiger partial charge in [-0.05, 0) is 44.0 Å². The molecule has 1 unspecified atom stereocenters. The first kappa shape index (κ1) is 18.6. The second kappa shape index (κ2) is 7.88. The van der Waals surface area contributed by atoms with E-state index in [1.54, 1.807) is 12.1 Å². The van der Waals surface area contributed by atoms with Crippen LogP contribution in [0.3, 0.4) is 0 Å². The van der Waals surface area contributed by atoms with Gasteiger partial charge in [0.1, 0.15) is 11.4 Å². The number of hydrogen-bond acceptors (Lipinski definition) is 4. The van der Waals surface area contributed by atoms with Gasteiger partial charge in [-0.2, -0.15) is 0 Å². The molecule has 0 fully saturated rings. The second-order valence-corrected chi connectivity index (χ2v) is 6.84. The fourth-order valence-electron chi connectivity index (χ4n) is 2.48. The van der Waals surface area contributed by atoms with Gasteiger partial charge in [0, 0.05) is 12.5 Å². The molecular formula is C19H25ClN2O2. The maximum Gasteiger partial charge on any atom is 0.129 e. The van der Waals surface area contributed by atoms with Crippen LogP contribution < -0.4 is 16.2 Å². The Morgan fingerprint density at radius 2 is 1.92 bits per heavy atom. The number of aliphatic hydroxyl groups is 1. The molecule has 0 aromatic heterocycles. The number of fused-ring (bicyclic) bond motifs is 1. The molecule has 1 aliphatic rings. The van der Waals surface area contributed by atoms with Crippen LogP contribution in [0.1, 0.15) is 25.0 Å². The number of nitrogen functional groups attached to an aromatic ring is 1. The molecule has 4 nitrogen and oxygen atoms in total. The molecule has 5 heteroatoms. The van der Waals surface area contributed by atoms with Gasteiger partial charge in [0.2, 0.25) is 0 Å². The predicted molar refractivity (Wildman–Crippen MR) is 99.5 cm³/mol. The fourth-order valence-corrected chi connectivity index (χ4v) is 2.67. The molecule has 2 aromatic rings. The van der Waals surface area contributed by atoms with E-state index in [2.05, 4.69) is 12.1 Å². The van der Waals surface area contributed by atoms with Crippen LogP contribution in [-0.2, 0) is 12.8 Å². The average molecular weight is 349 g/mol. The molecule has 0 saturated carbocycles. The highest BCUT2D eigenvalue weighted by molar-refractivity contribution is 6.33. The van der Waals surface area contributed by atoms with Crippen molar-refractivity contribution in [3.8, 4) is 5.75 Å². The van der Waals surface area contributed by atoms with Crippen molar-refractivity contribution in [3.05, 3.63) is 58.6 Å². The van der Waals surface area contributed by atoms with Gasteiger partial charge in [-0.25, -0.2) is 0 Å². The van der Waals surface area contributed by atoms with E-state index in [0.717, 1.165) is 18.5 Å². The summed E-state index contributed by atoms with van der Waals surface area (Å²) in [6.07, 6.45) is 1.01. The quantitative estimate of drug-likeness (QED) is 0.728. The smallest absolute Gasteiger partial charge is 0.129 e. The van der Waals surface area contributed by atoms with E-state index >= 15 is 0 Å². The molecule has 0 bridgehead atoms. The Morgan fingerprint density at radius 1 is 1.25 bits per heavy atom. The molecule has 0 radical (unpaired) electrons. The van der Waals surface area contributed by atoms with E-state index in [0.29, 0.717) is 22.9 Å². The summed E-state index contributed by atoms with van der Waals surface area (Å²) in [5, 5.41) is 10.3. The molecule has 0 saturated heterocycles. The van der Waals surface area contributed by atoms with Crippen LogP contribution >= 0.6 is 11.6 Å². The van der Waals surface area contributed by atoms with E-state index in [4.69, 9.17) is 27.8 Å². The Kier molecular flexibility index (Phi) is 6.10. The monoisotopic (exact) mass is 348 g/mol. The van der Waals surface area contributed by atoms with Crippen LogP contribution in [-0.4, -0.2) is 23.4 Å². The zero-order valence-electron chi connectivity index (χ0n) is 14.1. The first-order valence-corrected chi connectivity index (χ1v) is 8.40. The molecule has 1 heterocycles. The SMILES string of the molecule is CC1(C)Oc2cc(N)c(Cl)cc2CC1O.NCCc1ccccc1. The molecule has 24 heavy (non-hydrogen) atoms. The van der Waals surface area contributed by atoms with Crippen molar-refractivity contribution in [1.82, 2.24) is 0 Å². The molecule has 1 aliphatic heterocycles. The number of rotatable bonds is 2. The lowest BCUT2D eigenvalue weighted by Gasteiger charge is -2.37. The van der Waals surface area contributed by atoms with E-state index in [9.17, 15) is 5.11 Å². The van der Waals surface area contributed by atoms with Gasteiger partial charge in [0.25, 0.3) is 0 Å². The van der Waals surface area contributed by atoms with Crippen LogP contribution in [0.5, 0.6) is 5.75 Å². The second-order valence-electron chi connectivity index (χ2n) is 6.43. The standard InChI is InChI=1S/C11H14ClNO2.C8H11N/c1-11(2)10(14)4-6-3-7(12)8(13)5-9(6)15-11;9-7-6-8-4-2-1-3-5-8/h3,5,10,14H,4,13H2,1-2H3;1-5H,6-7,9H2. The summed E-state index contributed by atoms with van der Waals surface area (Å²) in [6.45, 7) is 4.45. The van der Waals surface area contributed by atoms with Gasteiger partial charge in [-0.3, -0.25) is 0 Å². The molecule has 1 atom stereocenters. The Hall–Kier alpha value is -1.75. The third-order valence-electron chi connectivity index (χ3n) is 4.04. The number of halogens is 1. The van der Waals surface area contributed by atoms with Crippen LogP contribution in [0.25, 0.3) is 0 Å². The van der Waals surface area contributed by atoms with Gasteiger partial charge in [0.05, 0.1) is 16.8 Å². The number of benzene rings is 2. The topological polar surface area (TPSA) is 81.5 Å². The number of nitrogens with two attached hydrogens (primary N) is 2. The largest absolute Gasteiger partial charge is 0.485 e. The molecule has 0 spiro atoms. The van der Waals surface area contributed by atoms with Gasteiger partial charge >= 0.3 is 0 Å². The van der Waals surface area contributed by atoms with E-state index in [-0.39, 0.29) is 0 Å². The van der Waals surface area contributed by atoms with Crippen molar-refractivity contribution in [2.45, 2.75) is 38.4 Å². The number of ether oxygens (including phenoxy) is 1. The normalized spacial score (nSPS) is 18.0. The summed E-state index contributed by atoms with van der Waals surface area (Å²) in [7, 11) is 0. The minimum Gasteiger partial charge on any atom is -0.485 e. The zero-order chi connectivity index (χ0) is 17.7. The van der Waals surface area contributed by atoms with Crippen LogP contribution in [0, 0.1) is 0 Å². The lowest BCUT2D eigenvalue weighted by atomic mass is 9.91. The molecule has 3 rings (SSSR count). The van der Waals surface area contributed by atoms with Crippen molar-refractivity contribution in [3.63, 3.8) is 0 Å². The van der Waals surface area contributed by atoms with Gasteiger partial charge in [-0.1, -0.05) is 41.9 Å². The molecule has 0 aliphatic carbocycles. The summed E-state index contributed by atoms with van der Waals surface area (Å²) in [5.74, 6) is 0.715. The van der Waals surface area contributed by atoms with Crippen molar-refractivity contribution < 1.29 is 9.84 Å². The Labute approximate surface area is 148 Å². The average Bonchev–Trinajstić information content (AvgIpc) is 2.53. The highest BCUT2D eigenvalue weighted by Gasteiger charge is 2.35. The summed E-state index contributed by atoms with van der Waals surface area (Å²) in [5.41, 5.74) is 13.2. The maximum atomic E-state index is 9.84. The van der Waals surface area contributed by atoms with Crippen molar-refractivity contribution in [2.75, 3.05) is 12.3 Å². The molecule has 130 valence electrons. The maximum absolute atomic E-state index is 9.84. The highest BCUT2D eigenvalue weighted by atomic mass is 35.5. The van der Waals surface area contributed by atoms with E-state index < -0.39 is 11.7 Å². The summed E-state index contributed by atoms with van der Waals surface area (Å²) in [4.78, 5) is 0. The summed E-state index contributed by atoms with van der Waals surface area (Å²) in [6, 6.07) is 13.7. The van der Waals surface area contributed by atoms with Crippen molar-refractivity contribution in [1.29, 1.82) is 0 Å².